The molecule has 1 aromatic rings. The van der Waals surface area contributed by atoms with E-state index >= 15 is 0 Å². The van der Waals surface area contributed by atoms with Crippen molar-refractivity contribution in [2.75, 3.05) is 0 Å². The van der Waals surface area contributed by atoms with Gasteiger partial charge in [-0.3, -0.25) is 4.98 Å². The molecule has 0 amide bonds. The summed E-state index contributed by atoms with van der Waals surface area (Å²) in [5.41, 5.74) is -0.781. The number of pyridine rings is 1. The zero-order valence-corrected chi connectivity index (χ0v) is 7.35. The van der Waals surface area contributed by atoms with E-state index in [9.17, 15) is 13.2 Å². The van der Waals surface area contributed by atoms with Crippen LogP contribution in [0.3, 0.4) is 0 Å². The van der Waals surface area contributed by atoms with Crippen LogP contribution in [0, 0.1) is 9.39 Å². The highest BCUT2D eigenvalue weighted by Crippen LogP contribution is 2.22. The van der Waals surface area contributed by atoms with Gasteiger partial charge in [0.2, 0.25) is 0 Å². The minimum Gasteiger partial charge on any atom is -0.252 e. The van der Waals surface area contributed by atoms with E-state index in [0.29, 0.717) is 0 Å². The Labute approximate surface area is 74.8 Å². The van der Waals surface area contributed by atoms with E-state index in [0.717, 1.165) is 6.20 Å². The Morgan fingerprint density at radius 3 is 2.55 bits per heavy atom. The van der Waals surface area contributed by atoms with Gasteiger partial charge in [0.1, 0.15) is 5.69 Å². The van der Waals surface area contributed by atoms with Crippen LogP contribution >= 0.6 is 22.6 Å². The van der Waals surface area contributed by atoms with Gasteiger partial charge in [0.05, 0.1) is 3.57 Å². The maximum Gasteiger partial charge on any atom is 0.283 e. The molecule has 60 valence electrons. The second-order valence-corrected chi connectivity index (χ2v) is 2.95. The number of alkyl halides is 2. The molecule has 1 heterocycles. The molecule has 1 rings (SSSR count). The molecule has 0 bridgehead atoms. The monoisotopic (exact) mass is 273 g/mol. The molecule has 0 aliphatic heterocycles. The summed E-state index contributed by atoms with van der Waals surface area (Å²) in [6, 6.07) is 1.34. The first-order valence-electron chi connectivity index (χ1n) is 2.71. The van der Waals surface area contributed by atoms with Crippen molar-refractivity contribution in [1.82, 2.24) is 4.98 Å². The lowest BCUT2D eigenvalue weighted by Crippen LogP contribution is -1.96. The number of hydrogen-bond donors (Lipinski definition) is 0. The lowest BCUT2D eigenvalue weighted by atomic mass is 10.3. The Kier molecular flexibility index (Phi) is 2.69. The highest BCUT2D eigenvalue weighted by molar-refractivity contribution is 14.1. The van der Waals surface area contributed by atoms with Crippen molar-refractivity contribution in [2.45, 2.75) is 6.43 Å². The summed E-state index contributed by atoms with van der Waals surface area (Å²) in [5, 5.41) is 0. The molecule has 5 heteroatoms. The van der Waals surface area contributed by atoms with Crippen LogP contribution in [0.15, 0.2) is 12.3 Å². The maximum absolute atomic E-state index is 12.7. The average molecular weight is 273 g/mol. The highest BCUT2D eigenvalue weighted by Gasteiger charge is 2.16. The van der Waals surface area contributed by atoms with E-state index in [1.54, 1.807) is 22.6 Å². The quantitative estimate of drug-likeness (QED) is 0.717. The summed E-state index contributed by atoms with van der Waals surface area (Å²) in [7, 11) is 0. The third-order valence-corrected chi connectivity index (χ3v) is 1.91. The fourth-order valence-corrected chi connectivity index (χ4v) is 1.02. The molecular weight excluding hydrogens is 270 g/mol. The van der Waals surface area contributed by atoms with Crippen LogP contribution in [0.1, 0.15) is 12.1 Å². The number of nitrogens with zero attached hydrogens (tertiary/aromatic N) is 1. The number of rotatable bonds is 1. The van der Waals surface area contributed by atoms with Crippen LogP contribution in [0.2, 0.25) is 0 Å². The molecule has 0 fully saturated rings. The van der Waals surface area contributed by atoms with Crippen LogP contribution in [0.4, 0.5) is 13.2 Å². The Morgan fingerprint density at radius 1 is 1.45 bits per heavy atom. The van der Waals surface area contributed by atoms with Gasteiger partial charge in [-0.15, -0.1) is 0 Å². The molecule has 0 aromatic carbocycles. The van der Waals surface area contributed by atoms with Crippen molar-refractivity contribution in [3.8, 4) is 0 Å². The fourth-order valence-electron chi connectivity index (χ4n) is 0.587. The van der Waals surface area contributed by atoms with E-state index in [1.807, 2.05) is 0 Å². The second-order valence-electron chi connectivity index (χ2n) is 1.79. The largest absolute Gasteiger partial charge is 0.283 e. The highest BCUT2D eigenvalue weighted by atomic mass is 127. The Bertz CT molecular complexity index is 264. The first-order valence-corrected chi connectivity index (χ1v) is 3.79. The Balaban J connectivity index is 3.17. The predicted molar refractivity (Wildman–Crippen MR) is 41.9 cm³/mol. The molecule has 1 nitrogen and oxygen atoms in total. The lowest BCUT2D eigenvalue weighted by molar-refractivity contribution is 0.140. The van der Waals surface area contributed by atoms with Gasteiger partial charge >= 0.3 is 0 Å². The molecule has 0 saturated carbocycles. The summed E-state index contributed by atoms with van der Waals surface area (Å²) < 4.78 is 36.7. The normalized spacial score (nSPS) is 10.6. The number of hydrogen-bond acceptors (Lipinski definition) is 1. The van der Waals surface area contributed by atoms with Gasteiger partial charge in [-0.05, 0) is 28.7 Å². The van der Waals surface area contributed by atoms with Gasteiger partial charge in [-0.1, -0.05) is 0 Å². The zero-order chi connectivity index (χ0) is 8.43. The van der Waals surface area contributed by atoms with E-state index < -0.39 is 17.9 Å². The van der Waals surface area contributed by atoms with Gasteiger partial charge in [0, 0.05) is 6.20 Å². The summed E-state index contributed by atoms with van der Waals surface area (Å²) in [6.07, 6.45) is -1.68. The van der Waals surface area contributed by atoms with E-state index in [1.165, 1.54) is 6.07 Å². The van der Waals surface area contributed by atoms with Gasteiger partial charge < -0.3 is 0 Å². The standard InChI is InChI=1S/C6H3F3IN/c7-4-3(10)1-2-11-5(4)6(8)9/h1-2,6H. The van der Waals surface area contributed by atoms with Crippen LogP contribution in [0.25, 0.3) is 0 Å². The topological polar surface area (TPSA) is 12.9 Å². The SMILES string of the molecule is Fc1c(I)ccnc1C(F)F. The molecule has 0 unspecified atom stereocenters. The molecule has 1 aromatic heterocycles. The lowest BCUT2D eigenvalue weighted by Gasteiger charge is -2.00. The van der Waals surface area contributed by atoms with E-state index in [2.05, 4.69) is 4.98 Å². The maximum atomic E-state index is 12.7. The summed E-state index contributed by atoms with van der Waals surface area (Å²) >= 11 is 1.63. The van der Waals surface area contributed by atoms with Crippen LogP contribution < -0.4 is 0 Å². The molecular formula is C6H3F3IN. The molecule has 0 saturated heterocycles. The molecule has 0 aliphatic carbocycles. The van der Waals surface area contributed by atoms with Gasteiger partial charge in [0.15, 0.2) is 5.82 Å². The molecule has 0 aliphatic rings. The van der Waals surface area contributed by atoms with Crippen LogP contribution in [0.5, 0.6) is 0 Å². The van der Waals surface area contributed by atoms with Crippen molar-refractivity contribution < 1.29 is 13.2 Å². The van der Waals surface area contributed by atoms with E-state index in [-0.39, 0.29) is 3.57 Å². The summed E-state index contributed by atoms with van der Waals surface area (Å²) in [5.74, 6) is -0.928. The van der Waals surface area contributed by atoms with Crippen molar-refractivity contribution in [1.29, 1.82) is 0 Å². The van der Waals surface area contributed by atoms with Gasteiger partial charge in [0.25, 0.3) is 6.43 Å². The van der Waals surface area contributed by atoms with Crippen molar-refractivity contribution in [2.24, 2.45) is 0 Å². The van der Waals surface area contributed by atoms with Crippen LogP contribution in [-0.2, 0) is 0 Å². The number of aromatic nitrogens is 1. The fraction of sp³-hybridized carbons (Fsp3) is 0.167. The first-order chi connectivity index (χ1) is 5.13. The first kappa shape index (κ1) is 8.76. The molecule has 0 radical (unpaired) electrons. The zero-order valence-electron chi connectivity index (χ0n) is 5.19. The van der Waals surface area contributed by atoms with Gasteiger partial charge in [-0.2, -0.15) is 0 Å². The molecule has 0 spiro atoms. The van der Waals surface area contributed by atoms with Gasteiger partial charge in [-0.25, -0.2) is 13.2 Å². The van der Waals surface area contributed by atoms with E-state index in [4.69, 9.17) is 0 Å². The predicted octanol–water partition coefficient (Wildman–Crippen LogP) is 2.76. The molecule has 0 atom stereocenters. The number of halogens is 4. The Hall–Kier alpha value is -0.330. The third-order valence-electron chi connectivity index (χ3n) is 1.08. The second kappa shape index (κ2) is 3.38. The minimum absolute atomic E-state index is 0.160. The summed E-state index contributed by atoms with van der Waals surface area (Å²) in [4.78, 5) is 3.21. The van der Waals surface area contributed by atoms with Crippen molar-refractivity contribution >= 4 is 22.6 Å². The average Bonchev–Trinajstić information content (AvgIpc) is 1.94. The van der Waals surface area contributed by atoms with Crippen molar-refractivity contribution in [3.05, 3.63) is 27.3 Å². The summed E-state index contributed by atoms with van der Waals surface area (Å²) in [6.45, 7) is 0. The molecule has 0 N–H and O–H groups in total. The molecule has 11 heavy (non-hydrogen) atoms. The Morgan fingerprint density at radius 2 is 2.09 bits per heavy atom. The minimum atomic E-state index is -2.84. The third kappa shape index (κ3) is 1.82. The van der Waals surface area contributed by atoms with Crippen molar-refractivity contribution in [3.63, 3.8) is 0 Å². The smallest absolute Gasteiger partial charge is 0.252 e. The van der Waals surface area contributed by atoms with Crippen LogP contribution in [-0.4, -0.2) is 4.98 Å².